The van der Waals surface area contributed by atoms with E-state index in [-0.39, 0.29) is 11.7 Å². The van der Waals surface area contributed by atoms with Crippen LogP contribution >= 0.6 is 11.3 Å². The summed E-state index contributed by atoms with van der Waals surface area (Å²) >= 11 is 1.63. The molecule has 1 amide bonds. The molecular weight excluding hydrogens is 382 g/mol. The third kappa shape index (κ3) is 3.78. The monoisotopic (exact) mass is 406 g/mol. The number of nitrogens with zero attached hydrogens (tertiary/aromatic N) is 2. The molecule has 2 aliphatic heterocycles. The molecule has 1 atom stereocenters. The van der Waals surface area contributed by atoms with Crippen LogP contribution in [0.5, 0.6) is 5.06 Å². The molecule has 0 bridgehead atoms. The highest BCUT2D eigenvalue weighted by Crippen LogP contribution is 2.35. The normalized spacial score (nSPS) is 19.9. The highest BCUT2D eigenvalue weighted by atomic mass is 32.1. The van der Waals surface area contributed by atoms with Gasteiger partial charge in [-0.15, -0.1) is 11.3 Å². The third-order valence-electron chi connectivity index (χ3n) is 5.50. The van der Waals surface area contributed by atoms with Gasteiger partial charge in [0.1, 0.15) is 6.10 Å². The Morgan fingerprint density at radius 2 is 2.11 bits per heavy atom. The first-order chi connectivity index (χ1) is 13.4. The van der Waals surface area contributed by atoms with Crippen molar-refractivity contribution >= 4 is 17.2 Å². The Kier molecular flexibility index (Phi) is 5.38. The van der Waals surface area contributed by atoms with Gasteiger partial charge in [0, 0.05) is 37.1 Å². The average molecular weight is 406 g/mol. The van der Waals surface area contributed by atoms with Gasteiger partial charge in [-0.3, -0.25) is 9.69 Å². The molecule has 1 aromatic heterocycles. The van der Waals surface area contributed by atoms with Crippen molar-refractivity contribution in [1.82, 2.24) is 9.80 Å². The lowest BCUT2D eigenvalue weighted by atomic mass is 10.1. The Hall–Kier alpha value is -1.99. The summed E-state index contributed by atoms with van der Waals surface area (Å²) in [6, 6.07) is 6.23. The van der Waals surface area contributed by atoms with E-state index in [1.54, 1.807) is 16.2 Å². The maximum atomic E-state index is 14.0. The van der Waals surface area contributed by atoms with Gasteiger partial charge < -0.3 is 9.64 Å². The molecule has 1 saturated heterocycles. The second-order valence-electron chi connectivity index (χ2n) is 7.71. The van der Waals surface area contributed by atoms with E-state index in [4.69, 9.17) is 4.74 Å². The summed E-state index contributed by atoms with van der Waals surface area (Å²) < 4.78 is 33.6. The minimum absolute atomic E-state index is 0.196. The van der Waals surface area contributed by atoms with Crippen LogP contribution in [0.3, 0.4) is 0 Å². The third-order valence-corrected chi connectivity index (χ3v) is 6.63. The molecule has 1 fully saturated rings. The maximum Gasteiger partial charge on any atom is 0.257 e. The zero-order valence-electron chi connectivity index (χ0n) is 16.1. The highest BCUT2D eigenvalue weighted by molar-refractivity contribution is 7.14. The Labute approximate surface area is 167 Å². The molecule has 2 aliphatic rings. The van der Waals surface area contributed by atoms with E-state index in [9.17, 15) is 13.6 Å². The van der Waals surface area contributed by atoms with Crippen molar-refractivity contribution in [2.75, 3.05) is 19.6 Å². The van der Waals surface area contributed by atoms with E-state index in [0.29, 0.717) is 25.6 Å². The van der Waals surface area contributed by atoms with Crippen molar-refractivity contribution < 1.29 is 18.3 Å². The second-order valence-corrected chi connectivity index (χ2v) is 8.81. The molecule has 3 heterocycles. The molecule has 1 aromatic carbocycles. The van der Waals surface area contributed by atoms with Crippen molar-refractivity contribution in [2.45, 2.75) is 45.4 Å². The first-order valence-electron chi connectivity index (χ1n) is 9.68. The predicted octanol–water partition coefficient (Wildman–Crippen LogP) is 4.09. The summed E-state index contributed by atoms with van der Waals surface area (Å²) in [5, 5.41) is 0.881. The standard InChI is InChI=1S/C21H24F2N2O2S/c1-13(2)24-8-6-15(12-24)27-19-10-14-11-25(9-7-18(14)28-19)21(26)16-4-3-5-17(22)20(16)23/h3-5,10,13,15H,6-9,11-12H2,1-2H3. The Bertz CT molecular complexity index is 883. The number of ether oxygens (including phenoxy) is 1. The Balaban J connectivity index is 1.43. The van der Waals surface area contributed by atoms with Crippen LogP contribution in [0.25, 0.3) is 0 Å². The van der Waals surface area contributed by atoms with Gasteiger partial charge in [-0.1, -0.05) is 6.07 Å². The number of hydrogen-bond acceptors (Lipinski definition) is 4. The van der Waals surface area contributed by atoms with E-state index in [2.05, 4.69) is 18.7 Å². The van der Waals surface area contributed by atoms with Crippen molar-refractivity contribution in [3.05, 3.63) is 51.9 Å². The van der Waals surface area contributed by atoms with Crippen LogP contribution in [0, 0.1) is 11.6 Å². The molecule has 0 saturated carbocycles. The minimum atomic E-state index is -1.08. The number of halogens is 2. The predicted molar refractivity (Wildman–Crippen MR) is 105 cm³/mol. The van der Waals surface area contributed by atoms with E-state index in [0.717, 1.165) is 36.2 Å². The van der Waals surface area contributed by atoms with Crippen molar-refractivity contribution in [3.63, 3.8) is 0 Å². The molecule has 4 rings (SSSR count). The summed E-state index contributed by atoms with van der Waals surface area (Å²) in [6.45, 7) is 7.26. The maximum absolute atomic E-state index is 14.0. The van der Waals surface area contributed by atoms with Crippen LogP contribution in [0.1, 0.15) is 41.1 Å². The summed E-state index contributed by atoms with van der Waals surface area (Å²) in [7, 11) is 0. The summed E-state index contributed by atoms with van der Waals surface area (Å²) in [4.78, 5) is 17.8. The number of amides is 1. The first-order valence-corrected chi connectivity index (χ1v) is 10.5. The van der Waals surface area contributed by atoms with E-state index >= 15 is 0 Å². The van der Waals surface area contributed by atoms with Gasteiger partial charge in [0.05, 0.1) is 5.56 Å². The fourth-order valence-electron chi connectivity index (χ4n) is 3.86. The molecule has 0 aliphatic carbocycles. The van der Waals surface area contributed by atoms with Gasteiger partial charge in [0.2, 0.25) is 0 Å². The zero-order valence-corrected chi connectivity index (χ0v) is 16.9. The van der Waals surface area contributed by atoms with Gasteiger partial charge in [0.15, 0.2) is 16.7 Å². The van der Waals surface area contributed by atoms with Gasteiger partial charge >= 0.3 is 0 Å². The number of thiophene rings is 1. The molecular formula is C21H24F2N2O2S. The Morgan fingerprint density at radius 1 is 1.29 bits per heavy atom. The highest BCUT2D eigenvalue weighted by Gasteiger charge is 2.29. The molecule has 4 nitrogen and oxygen atoms in total. The minimum Gasteiger partial charge on any atom is -0.479 e. The fraction of sp³-hybridized carbons (Fsp3) is 0.476. The van der Waals surface area contributed by atoms with E-state index < -0.39 is 17.5 Å². The number of carbonyl (C=O) groups is 1. The molecule has 1 unspecified atom stereocenters. The van der Waals surface area contributed by atoms with Crippen LogP contribution in [0.2, 0.25) is 0 Å². The van der Waals surface area contributed by atoms with Crippen LogP contribution < -0.4 is 4.74 Å². The number of rotatable bonds is 4. The van der Waals surface area contributed by atoms with Crippen molar-refractivity contribution in [1.29, 1.82) is 0 Å². The molecule has 2 aromatic rings. The van der Waals surface area contributed by atoms with Crippen LogP contribution in [-0.2, 0) is 13.0 Å². The van der Waals surface area contributed by atoms with Gasteiger partial charge in [-0.25, -0.2) is 8.78 Å². The molecule has 28 heavy (non-hydrogen) atoms. The molecule has 0 spiro atoms. The second kappa shape index (κ2) is 7.79. The SMILES string of the molecule is CC(C)N1CCC(Oc2cc3c(s2)CCN(C(=O)c2cccc(F)c2F)C3)C1. The number of fused-ring (bicyclic) bond motifs is 1. The number of likely N-dealkylation sites (tertiary alicyclic amines) is 1. The lowest BCUT2D eigenvalue weighted by Crippen LogP contribution is -2.35. The van der Waals surface area contributed by atoms with Gasteiger partial charge in [-0.05, 0) is 50.5 Å². The zero-order chi connectivity index (χ0) is 19.8. The Morgan fingerprint density at radius 3 is 2.86 bits per heavy atom. The van der Waals surface area contributed by atoms with Gasteiger partial charge in [0.25, 0.3) is 5.91 Å². The number of benzene rings is 1. The topological polar surface area (TPSA) is 32.8 Å². The van der Waals surface area contributed by atoms with Crippen LogP contribution in [0.15, 0.2) is 24.3 Å². The molecule has 0 N–H and O–H groups in total. The smallest absolute Gasteiger partial charge is 0.257 e. The average Bonchev–Trinajstić information content (AvgIpc) is 3.29. The van der Waals surface area contributed by atoms with Crippen LogP contribution in [0.4, 0.5) is 8.78 Å². The lowest BCUT2D eigenvalue weighted by molar-refractivity contribution is 0.0729. The fourth-order valence-corrected chi connectivity index (χ4v) is 4.94. The number of carbonyl (C=O) groups excluding carboxylic acids is 1. The van der Waals surface area contributed by atoms with Gasteiger partial charge in [-0.2, -0.15) is 0 Å². The quantitative estimate of drug-likeness (QED) is 0.767. The largest absolute Gasteiger partial charge is 0.479 e. The number of hydrogen-bond donors (Lipinski definition) is 0. The van der Waals surface area contributed by atoms with Crippen molar-refractivity contribution in [2.24, 2.45) is 0 Å². The summed E-state index contributed by atoms with van der Waals surface area (Å²) in [5.74, 6) is -2.55. The summed E-state index contributed by atoms with van der Waals surface area (Å²) in [5.41, 5.74) is 0.824. The van der Waals surface area contributed by atoms with E-state index in [1.807, 2.05) is 6.07 Å². The molecule has 0 radical (unpaired) electrons. The molecule has 7 heteroatoms. The summed E-state index contributed by atoms with van der Waals surface area (Å²) in [6.07, 6.45) is 1.92. The molecule has 150 valence electrons. The first kappa shape index (κ1) is 19.3. The van der Waals surface area contributed by atoms with E-state index in [1.165, 1.54) is 17.0 Å². The lowest BCUT2D eigenvalue weighted by Gasteiger charge is -2.27. The van der Waals surface area contributed by atoms with Crippen LogP contribution in [-0.4, -0.2) is 47.5 Å². The van der Waals surface area contributed by atoms with Crippen molar-refractivity contribution in [3.8, 4) is 5.06 Å².